The predicted octanol–water partition coefficient (Wildman–Crippen LogP) is 7.24. The lowest BCUT2D eigenvalue weighted by molar-refractivity contribution is 0.0600. The molecule has 0 fully saturated rings. The number of fused-ring (bicyclic) bond motifs is 1. The third kappa shape index (κ3) is 8.97. The predicted molar refractivity (Wildman–Crippen MR) is 200 cm³/mol. The molecule has 0 aliphatic heterocycles. The van der Waals surface area contributed by atoms with Crippen molar-refractivity contribution < 1.29 is 23.7 Å². The number of hydrogen-bond acceptors (Lipinski definition) is 10. The van der Waals surface area contributed by atoms with E-state index in [1.807, 2.05) is 54.6 Å². The maximum absolute atomic E-state index is 14.3. The van der Waals surface area contributed by atoms with Crippen LogP contribution < -0.4 is 30.0 Å². The highest BCUT2D eigenvalue weighted by Gasteiger charge is 2.21. The van der Waals surface area contributed by atoms with Gasteiger partial charge < -0.3 is 33.7 Å². The van der Waals surface area contributed by atoms with E-state index in [2.05, 4.69) is 24.1 Å². The van der Waals surface area contributed by atoms with Gasteiger partial charge in [-0.2, -0.15) is 4.98 Å². The van der Waals surface area contributed by atoms with Crippen molar-refractivity contribution in [1.29, 1.82) is 0 Å². The lowest BCUT2D eigenvalue weighted by Gasteiger charge is -2.26. The molecule has 268 valence electrons. The van der Waals surface area contributed by atoms with Crippen LogP contribution in [0.2, 0.25) is 0 Å². The summed E-state index contributed by atoms with van der Waals surface area (Å²) in [6.45, 7) is 5.57. The van der Waals surface area contributed by atoms with Gasteiger partial charge in [-0.15, -0.1) is 0 Å². The van der Waals surface area contributed by atoms with E-state index in [9.17, 15) is 9.59 Å². The van der Waals surface area contributed by atoms with Crippen molar-refractivity contribution in [3.8, 4) is 17.2 Å². The summed E-state index contributed by atoms with van der Waals surface area (Å²) in [5.74, 6) is 2.58. The van der Waals surface area contributed by atoms with Gasteiger partial charge in [0.1, 0.15) is 28.5 Å². The third-order valence-electron chi connectivity index (χ3n) is 8.82. The van der Waals surface area contributed by atoms with Crippen molar-refractivity contribution in [1.82, 2.24) is 14.5 Å². The van der Waals surface area contributed by atoms with Gasteiger partial charge in [-0.1, -0.05) is 57.0 Å². The second-order valence-corrected chi connectivity index (χ2v) is 12.4. The summed E-state index contributed by atoms with van der Waals surface area (Å²) in [7, 11) is 6.17. The largest absolute Gasteiger partial charge is 0.497 e. The van der Waals surface area contributed by atoms with E-state index in [4.69, 9.17) is 28.9 Å². The highest BCUT2D eigenvalue weighted by atomic mass is 16.5. The molecule has 5 aromatic rings. The van der Waals surface area contributed by atoms with Crippen molar-refractivity contribution in [2.24, 2.45) is 0 Å². The van der Waals surface area contributed by atoms with E-state index in [1.165, 1.54) is 14.2 Å². The molecule has 0 aliphatic rings. The Hall–Kier alpha value is -5.58. The minimum absolute atomic E-state index is 0.126. The summed E-state index contributed by atoms with van der Waals surface area (Å²) in [5.41, 5.74) is 3.52. The lowest BCUT2D eigenvalue weighted by Crippen LogP contribution is -2.28. The first-order valence-corrected chi connectivity index (χ1v) is 17.2. The molecule has 5 rings (SSSR count). The monoisotopic (exact) mass is 693 g/mol. The molecule has 2 heterocycles. The highest BCUT2D eigenvalue weighted by Crippen LogP contribution is 2.28. The zero-order valence-electron chi connectivity index (χ0n) is 30.3. The van der Waals surface area contributed by atoms with Crippen LogP contribution in [0.5, 0.6) is 17.2 Å². The van der Waals surface area contributed by atoms with Crippen molar-refractivity contribution in [2.75, 3.05) is 38.7 Å². The topological polar surface area (TPSA) is 117 Å². The Bertz CT molecular complexity index is 1920. The molecule has 2 aromatic heterocycles. The molecular weight excluding hydrogens is 646 g/mol. The number of pyridine rings is 1. The van der Waals surface area contributed by atoms with Crippen LogP contribution in [-0.4, -0.2) is 55.0 Å². The molecule has 11 nitrogen and oxygen atoms in total. The van der Waals surface area contributed by atoms with Crippen LogP contribution in [-0.2, 0) is 24.4 Å². The van der Waals surface area contributed by atoms with Gasteiger partial charge in [0.05, 0.1) is 46.1 Å². The van der Waals surface area contributed by atoms with Crippen LogP contribution in [0, 0.1) is 0 Å². The minimum atomic E-state index is -0.465. The Kier molecular flexibility index (Phi) is 12.5. The summed E-state index contributed by atoms with van der Waals surface area (Å²) < 4.78 is 22.9. The average molecular weight is 694 g/mol. The van der Waals surface area contributed by atoms with Gasteiger partial charge in [-0.3, -0.25) is 4.79 Å². The molecule has 0 aliphatic carbocycles. The summed E-state index contributed by atoms with van der Waals surface area (Å²) >= 11 is 0. The fraction of sp³-hybridized carbons (Fsp3) is 0.350. The standard InChI is InChI=1S/C40H47N5O6/c1-7-9-31(10-8-2)41-37-36-34(21-22-44(38(36)46)26-30-16-15-29(39(47)51-6)23-35(30)50-5)42-40(43-37)45(24-27-11-17-32(48-3)18-12-27)25-28-13-19-33(49-4)20-14-28/h11-23,31H,7-10,24-26H2,1-6H3,(H,41,42,43). The molecule has 0 unspecified atom stereocenters. The molecule has 0 amide bonds. The molecule has 3 aromatic carbocycles. The average Bonchev–Trinajstić information content (AvgIpc) is 3.16. The number of aromatic nitrogens is 3. The molecule has 0 bridgehead atoms. The molecule has 0 atom stereocenters. The number of anilines is 2. The van der Waals surface area contributed by atoms with Gasteiger partial charge in [0.15, 0.2) is 0 Å². The molecule has 0 spiro atoms. The zero-order valence-corrected chi connectivity index (χ0v) is 30.3. The number of nitrogens with zero attached hydrogens (tertiary/aromatic N) is 4. The molecule has 1 N–H and O–H groups in total. The van der Waals surface area contributed by atoms with Gasteiger partial charge in [0.2, 0.25) is 5.95 Å². The maximum atomic E-state index is 14.3. The van der Waals surface area contributed by atoms with Crippen LogP contribution in [0.1, 0.15) is 66.6 Å². The molecule has 0 saturated carbocycles. The number of carbonyl (C=O) groups excluding carboxylic acids is 1. The quantitative estimate of drug-likeness (QED) is 0.1000. The minimum Gasteiger partial charge on any atom is -0.497 e. The van der Waals surface area contributed by atoms with E-state index in [0.29, 0.717) is 47.1 Å². The van der Waals surface area contributed by atoms with Gasteiger partial charge in [0.25, 0.3) is 5.56 Å². The van der Waals surface area contributed by atoms with E-state index in [-0.39, 0.29) is 18.1 Å². The number of esters is 1. The number of benzene rings is 3. The van der Waals surface area contributed by atoms with E-state index in [1.54, 1.807) is 43.2 Å². The molecule has 11 heteroatoms. The number of ether oxygens (including phenoxy) is 4. The highest BCUT2D eigenvalue weighted by molar-refractivity contribution is 5.90. The number of rotatable bonds is 17. The smallest absolute Gasteiger partial charge is 0.337 e. The molecule has 0 radical (unpaired) electrons. The second-order valence-electron chi connectivity index (χ2n) is 12.4. The van der Waals surface area contributed by atoms with Crippen LogP contribution in [0.3, 0.4) is 0 Å². The molecule has 51 heavy (non-hydrogen) atoms. The van der Waals surface area contributed by atoms with Crippen LogP contribution in [0.15, 0.2) is 83.8 Å². The van der Waals surface area contributed by atoms with E-state index in [0.717, 1.165) is 53.9 Å². The Morgan fingerprint density at radius 1 is 0.804 bits per heavy atom. The van der Waals surface area contributed by atoms with Crippen LogP contribution in [0.4, 0.5) is 11.8 Å². The summed E-state index contributed by atoms with van der Waals surface area (Å²) in [4.78, 5) is 38.7. The van der Waals surface area contributed by atoms with E-state index < -0.39 is 5.97 Å². The number of carbonyl (C=O) groups is 1. The number of nitrogens with one attached hydrogen (secondary N) is 1. The van der Waals surface area contributed by atoms with Crippen molar-refractivity contribution in [3.63, 3.8) is 0 Å². The summed E-state index contributed by atoms with van der Waals surface area (Å²) in [6.07, 6.45) is 5.58. The summed E-state index contributed by atoms with van der Waals surface area (Å²) in [5, 5.41) is 4.07. The van der Waals surface area contributed by atoms with E-state index >= 15 is 0 Å². The number of hydrogen-bond donors (Lipinski definition) is 1. The Morgan fingerprint density at radius 2 is 1.41 bits per heavy atom. The Labute approximate surface area is 299 Å². The first-order chi connectivity index (χ1) is 24.8. The number of methoxy groups -OCH3 is 4. The summed E-state index contributed by atoms with van der Waals surface area (Å²) in [6, 6.07) is 22.9. The lowest BCUT2D eigenvalue weighted by atomic mass is 10.1. The fourth-order valence-corrected chi connectivity index (χ4v) is 6.12. The normalized spacial score (nSPS) is 11.0. The van der Waals surface area contributed by atoms with Gasteiger partial charge in [-0.25, -0.2) is 9.78 Å². The first kappa shape index (κ1) is 36.7. The Balaban J connectivity index is 1.61. The molecular formula is C40H47N5O6. The Morgan fingerprint density at radius 3 is 1.94 bits per heavy atom. The molecule has 0 saturated heterocycles. The van der Waals surface area contributed by atoms with Gasteiger partial charge in [0, 0.05) is 30.9 Å². The SMILES string of the molecule is CCCC(CCC)Nc1nc(N(Cc2ccc(OC)cc2)Cc2ccc(OC)cc2)nc2ccn(Cc3ccc(C(=O)OC)cc3OC)c(=O)c12. The zero-order chi connectivity index (χ0) is 36.3. The van der Waals surface area contributed by atoms with Gasteiger partial charge in [-0.05, 0) is 66.4 Å². The van der Waals surface area contributed by atoms with Crippen LogP contribution in [0.25, 0.3) is 10.9 Å². The maximum Gasteiger partial charge on any atom is 0.337 e. The van der Waals surface area contributed by atoms with Crippen molar-refractivity contribution in [3.05, 3.63) is 112 Å². The van der Waals surface area contributed by atoms with Crippen molar-refractivity contribution >= 4 is 28.6 Å². The second kappa shape index (κ2) is 17.4. The van der Waals surface area contributed by atoms with Crippen LogP contribution >= 0.6 is 0 Å². The first-order valence-electron chi connectivity index (χ1n) is 17.2. The van der Waals surface area contributed by atoms with Gasteiger partial charge >= 0.3 is 5.97 Å². The third-order valence-corrected chi connectivity index (χ3v) is 8.82. The fourth-order valence-electron chi connectivity index (χ4n) is 6.12. The van der Waals surface area contributed by atoms with Crippen molar-refractivity contribution in [2.45, 2.75) is 65.2 Å².